The first-order chi connectivity index (χ1) is 11.8. The number of fused-ring (bicyclic) bond motifs is 1. The van der Waals surface area contributed by atoms with Crippen LogP contribution >= 0.6 is 23.1 Å². The molecule has 136 valence electrons. The molecule has 2 amide bonds. The van der Waals surface area contributed by atoms with E-state index in [1.165, 1.54) is 23.1 Å². The summed E-state index contributed by atoms with van der Waals surface area (Å²) in [6.45, 7) is 6.34. The third-order valence-electron chi connectivity index (χ3n) is 3.78. The molecule has 2 heterocycles. The molecule has 0 fully saturated rings. The molecule has 2 rings (SSSR count). The van der Waals surface area contributed by atoms with E-state index in [2.05, 4.69) is 17.2 Å². The Hall–Kier alpha value is -1.87. The number of carbonyl (C=O) groups is 2. The Kier molecular flexibility index (Phi) is 6.60. The molecule has 0 unspecified atom stereocenters. The van der Waals surface area contributed by atoms with Crippen LogP contribution in [0.2, 0.25) is 0 Å². The van der Waals surface area contributed by atoms with Crippen LogP contribution < -0.4 is 16.6 Å². The van der Waals surface area contributed by atoms with E-state index in [9.17, 15) is 14.4 Å². The number of hydrogen-bond acceptors (Lipinski definition) is 6. The summed E-state index contributed by atoms with van der Waals surface area (Å²) >= 11 is 2.68. The van der Waals surface area contributed by atoms with Gasteiger partial charge in [0.25, 0.3) is 5.56 Å². The molecule has 0 spiro atoms. The van der Waals surface area contributed by atoms with E-state index in [4.69, 9.17) is 5.73 Å². The smallest absolute Gasteiger partial charge is 0.263 e. The Morgan fingerprint density at radius 1 is 1.36 bits per heavy atom. The Bertz CT molecular complexity index is 857. The number of rotatable bonds is 8. The largest absolute Gasteiger partial charge is 0.368 e. The second kappa shape index (κ2) is 8.48. The monoisotopic (exact) mass is 382 g/mol. The number of primary amides is 1. The molecule has 2 aromatic rings. The van der Waals surface area contributed by atoms with Gasteiger partial charge >= 0.3 is 0 Å². The molecule has 25 heavy (non-hydrogen) atoms. The van der Waals surface area contributed by atoms with Crippen LogP contribution in [0.3, 0.4) is 0 Å². The number of carbonyl (C=O) groups excluding carboxylic acids is 2. The van der Waals surface area contributed by atoms with Crippen molar-refractivity contribution in [3.05, 3.63) is 20.8 Å². The van der Waals surface area contributed by atoms with Crippen LogP contribution in [0.4, 0.5) is 0 Å². The van der Waals surface area contributed by atoms with Gasteiger partial charge in [-0.3, -0.25) is 19.0 Å². The zero-order chi connectivity index (χ0) is 18.6. The van der Waals surface area contributed by atoms with Gasteiger partial charge in [0.1, 0.15) is 4.83 Å². The number of aromatic nitrogens is 2. The number of unbranched alkanes of at least 4 members (excludes halogenated alkanes) is 1. The van der Waals surface area contributed by atoms with Crippen molar-refractivity contribution >= 4 is 45.1 Å². The van der Waals surface area contributed by atoms with Crippen LogP contribution in [0.15, 0.2) is 9.95 Å². The molecule has 9 heteroatoms. The highest BCUT2D eigenvalue weighted by molar-refractivity contribution is 7.99. The van der Waals surface area contributed by atoms with Crippen molar-refractivity contribution in [1.82, 2.24) is 14.9 Å². The minimum absolute atomic E-state index is 0.0552. The maximum absolute atomic E-state index is 12.9. The number of thiophene rings is 1. The van der Waals surface area contributed by atoms with Gasteiger partial charge in [-0.15, -0.1) is 11.3 Å². The predicted octanol–water partition coefficient (Wildman–Crippen LogP) is 1.57. The average Bonchev–Trinajstić information content (AvgIpc) is 2.84. The summed E-state index contributed by atoms with van der Waals surface area (Å²) in [5, 5.41) is 3.63. The van der Waals surface area contributed by atoms with Crippen molar-refractivity contribution in [2.45, 2.75) is 45.3 Å². The van der Waals surface area contributed by atoms with E-state index in [-0.39, 0.29) is 23.8 Å². The van der Waals surface area contributed by atoms with Crippen molar-refractivity contribution in [3.8, 4) is 0 Å². The standard InChI is InChI=1S/C16H22N4O3S2/c1-4-5-6-20-15(23)13-9(2)10(3)25-14(13)19-16(20)24-8-12(22)18-7-11(17)21/h4-8H2,1-3H3,(H2,17,21)(H,18,22). The number of hydrogen-bond donors (Lipinski definition) is 2. The van der Waals surface area contributed by atoms with Crippen molar-refractivity contribution in [1.29, 1.82) is 0 Å². The molecule has 7 nitrogen and oxygen atoms in total. The van der Waals surface area contributed by atoms with Crippen molar-refractivity contribution in [3.63, 3.8) is 0 Å². The maximum Gasteiger partial charge on any atom is 0.263 e. The number of aryl methyl sites for hydroxylation is 2. The highest BCUT2D eigenvalue weighted by atomic mass is 32.2. The van der Waals surface area contributed by atoms with E-state index >= 15 is 0 Å². The summed E-state index contributed by atoms with van der Waals surface area (Å²) in [6.07, 6.45) is 1.81. The fraction of sp³-hybridized carbons (Fsp3) is 0.500. The molecular weight excluding hydrogens is 360 g/mol. The summed E-state index contributed by atoms with van der Waals surface area (Å²) < 4.78 is 1.65. The summed E-state index contributed by atoms with van der Waals surface area (Å²) in [6, 6.07) is 0. The van der Waals surface area contributed by atoms with Crippen molar-refractivity contribution in [2.75, 3.05) is 12.3 Å². The van der Waals surface area contributed by atoms with Gasteiger partial charge in [-0.2, -0.15) is 0 Å². The number of nitrogens with two attached hydrogens (primary N) is 1. The van der Waals surface area contributed by atoms with Crippen molar-refractivity contribution in [2.24, 2.45) is 5.73 Å². The zero-order valence-corrected chi connectivity index (χ0v) is 16.2. The lowest BCUT2D eigenvalue weighted by atomic mass is 10.2. The summed E-state index contributed by atoms with van der Waals surface area (Å²) in [4.78, 5) is 41.8. The minimum Gasteiger partial charge on any atom is -0.368 e. The van der Waals surface area contributed by atoms with Gasteiger partial charge in [-0.25, -0.2) is 4.98 Å². The maximum atomic E-state index is 12.9. The molecule has 0 aliphatic rings. The first-order valence-corrected chi connectivity index (χ1v) is 9.83. The number of nitrogens with zero attached hydrogens (tertiary/aromatic N) is 2. The van der Waals surface area contributed by atoms with Crippen LogP contribution in [0.1, 0.15) is 30.2 Å². The highest BCUT2D eigenvalue weighted by Crippen LogP contribution is 2.28. The predicted molar refractivity (Wildman–Crippen MR) is 101 cm³/mol. The molecule has 2 aromatic heterocycles. The summed E-state index contributed by atoms with van der Waals surface area (Å²) in [5.74, 6) is -0.846. The highest BCUT2D eigenvalue weighted by Gasteiger charge is 2.17. The molecule has 0 aromatic carbocycles. The van der Waals surface area contributed by atoms with E-state index in [1.54, 1.807) is 4.57 Å². The van der Waals surface area contributed by atoms with E-state index < -0.39 is 5.91 Å². The molecule has 0 aliphatic heterocycles. The molecule has 0 atom stereocenters. The molecule has 0 aliphatic carbocycles. The fourth-order valence-corrected chi connectivity index (χ4v) is 4.22. The Balaban J connectivity index is 2.32. The quantitative estimate of drug-likeness (QED) is 0.532. The van der Waals surface area contributed by atoms with Gasteiger partial charge in [0, 0.05) is 11.4 Å². The number of amides is 2. The van der Waals surface area contributed by atoms with Gasteiger partial charge in [0.2, 0.25) is 11.8 Å². The van der Waals surface area contributed by atoms with E-state index in [0.717, 1.165) is 23.3 Å². The topological polar surface area (TPSA) is 107 Å². The summed E-state index contributed by atoms with van der Waals surface area (Å²) in [5.41, 5.74) is 5.92. The molecule has 0 saturated heterocycles. The van der Waals surface area contributed by atoms with Gasteiger partial charge in [-0.05, 0) is 25.8 Å². The van der Waals surface area contributed by atoms with Gasteiger partial charge in [-0.1, -0.05) is 25.1 Å². The minimum atomic E-state index is -0.595. The van der Waals surface area contributed by atoms with Crippen LogP contribution in [-0.2, 0) is 16.1 Å². The third kappa shape index (κ3) is 4.60. The normalized spacial score (nSPS) is 11.0. The molecule has 0 bridgehead atoms. The van der Waals surface area contributed by atoms with Crippen LogP contribution in [0.25, 0.3) is 10.2 Å². The lowest BCUT2D eigenvalue weighted by Crippen LogP contribution is -2.34. The Morgan fingerprint density at radius 2 is 2.08 bits per heavy atom. The van der Waals surface area contributed by atoms with E-state index in [1.807, 2.05) is 13.8 Å². The Morgan fingerprint density at radius 3 is 2.72 bits per heavy atom. The fourth-order valence-electron chi connectivity index (χ4n) is 2.30. The number of nitrogens with one attached hydrogen (secondary N) is 1. The lowest BCUT2D eigenvalue weighted by Gasteiger charge is -2.11. The number of thioether (sulfide) groups is 1. The molecule has 3 N–H and O–H groups in total. The summed E-state index contributed by atoms with van der Waals surface area (Å²) in [7, 11) is 0. The molecular formula is C16H22N4O3S2. The SMILES string of the molecule is CCCCn1c(SCC(=O)NCC(N)=O)nc2sc(C)c(C)c2c1=O. The van der Waals surface area contributed by atoms with Crippen molar-refractivity contribution < 1.29 is 9.59 Å². The zero-order valence-electron chi connectivity index (χ0n) is 14.5. The second-order valence-corrected chi connectivity index (χ2v) is 7.85. The first-order valence-electron chi connectivity index (χ1n) is 8.03. The van der Waals surface area contributed by atoms with Crippen LogP contribution in [0, 0.1) is 13.8 Å². The molecule has 0 radical (unpaired) electrons. The van der Waals surface area contributed by atoms with E-state index in [0.29, 0.717) is 21.9 Å². The second-order valence-electron chi connectivity index (χ2n) is 5.70. The average molecular weight is 383 g/mol. The molecule has 0 saturated carbocycles. The van der Waals surface area contributed by atoms with Crippen LogP contribution in [-0.4, -0.2) is 33.7 Å². The third-order valence-corrected chi connectivity index (χ3v) is 5.86. The Labute approximate surface area is 154 Å². The van der Waals surface area contributed by atoms with Gasteiger partial charge in [0.05, 0.1) is 17.7 Å². The van der Waals surface area contributed by atoms with Gasteiger partial charge in [0.15, 0.2) is 5.16 Å². The van der Waals surface area contributed by atoms with Gasteiger partial charge < -0.3 is 11.1 Å². The first kappa shape index (κ1) is 19.5. The van der Waals surface area contributed by atoms with Crippen LogP contribution in [0.5, 0.6) is 0 Å². The lowest BCUT2D eigenvalue weighted by molar-refractivity contribution is -0.123.